The van der Waals surface area contributed by atoms with Crippen molar-refractivity contribution in [3.8, 4) is 0 Å². The van der Waals surface area contributed by atoms with Crippen LogP contribution in [0.5, 0.6) is 0 Å². The Hall–Kier alpha value is -1.99. The SMILES string of the molecule is Cn1nnc(CN2C(=O)C(C)(C)NC(=O)C2C(C)(C)C)n1. The van der Waals surface area contributed by atoms with Crippen molar-refractivity contribution >= 4 is 11.8 Å². The normalized spacial score (nSPS) is 22.4. The summed E-state index contributed by atoms with van der Waals surface area (Å²) in [4.78, 5) is 28.0. The third-order valence-electron chi connectivity index (χ3n) is 3.47. The van der Waals surface area contributed by atoms with Crippen LogP contribution in [0.25, 0.3) is 0 Å². The fourth-order valence-corrected chi connectivity index (χ4v) is 2.61. The van der Waals surface area contributed by atoms with Gasteiger partial charge < -0.3 is 10.2 Å². The highest BCUT2D eigenvalue weighted by atomic mass is 16.2. The number of nitrogens with one attached hydrogen (secondary N) is 1. The Balaban J connectivity index is 2.38. The number of piperazine rings is 1. The molecule has 116 valence electrons. The van der Waals surface area contributed by atoms with E-state index in [0.717, 1.165) is 0 Å². The van der Waals surface area contributed by atoms with Crippen molar-refractivity contribution in [2.45, 2.75) is 52.7 Å². The molecule has 1 fully saturated rings. The zero-order chi connectivity index (χ0) is 16.0. The molecular formula is C13H22N6O2. The first-order valence-electron chi connectivity index (χ1n) is 6.88. The first kappa shape index (κ1) is 15.4. The van der Waals surface area contributed by atoms with E-state index in [9.17, 15) is 9.59 Å². The molecule has 8 nitrogen and oxygen atoms in total. The Bertz CT molecular complexity index is 571. The molecule has 21 heavy (non-hydrogen) atoms. The zero-order valence-electron chi connectivity index (χ0n) is 13.3. The summed E-state index contributed by atoms with van der Waals surface area (Å²) in [6, 6.07) is -0.568. The van der Waals surface area contributed by atoms with Crippen molar-refractivity contribution in [2.75, 3.05) is 0 Å². The third-order valence-corrected chi connectivity index (χ3v) is 3.47. The van der Waals surface area contributed by atoms with E-state index in [-0.39, 0.29) is 18.4 Å². The maximum atomic E-state index is 12.7. The summed E-state index contributed by atoms with van der Waals surface area (Å²) in [5.74, 6) is 0.121. The van der Waals surface area contributed by atoms with E-state index in [0.29, 0.717) is 5.82 Å². The van der Waals surface area contributed by atoms with Crippen molar-refractivity contribution in [3.63, 3.8) is 0 Å². The van der Waals surface area contributed by atoms with Crippen molar-refractivity contribution in [1.29, 1.82) is 0 Å². The second kappa shape index (κ2) is 4.78. The molecule has 0 aliphatic carbocycles. The molecule has 0 spiro atoms. The van der Waals surface area contributed by atoms with Crippen LogP contribution in [0.1, 0.15) is 40.4 Å². The predicted molar refractivity (Wildman–Crippen MR) is 74.8 cm³/mol. The van der Waals surface area contributed by atoms with Gasteiger partial charge in [0.05, 0.1) is 13.6 Å². The van der Waals surface area contributed by atoms with Crippen LogP contribution in [-0.4, -0.2) is 48.5 Å². The summed E-state index contributed by atoms with van der Waals surface area (Å²) < 4.78 is 0. The van der Waals surface area contributed by atoms with E-state index < -0.39 is 17.0 Å². The summed E-state index contributed by atoms with van der Waals surface area (Å²) in [5.41, 5.74) is -1.32. The van der Waals surface area contributed by atoms with Gasteiger partial charge in [-0.1, -0.05) is 20.8 Å². The van der Waals surface area contributed by atoms with Gasteiger partial charge in [-0.25, -0.2) is 0 Å². The maximum Gasteiger partial charge on any atom is 0.248 e. The molecule has 1 unspecified atom stereocenters. The molecule has 2 rings (SSSR count). The molecule has 1 aliphatic heterocycles. The molecule has 1 saturated heterocycles. The van der Waals surface area contributed by atoms with Gasteiger partial charge in [-0.2, -0.15) is 4.80 Å². The van der Waals surface area contributed by atoms with E-state index >= 15 is 0 Å². The zero-order valence-corrected chi connectivity index (χ0v) is 13.3. The molecule has 2 heterocycles. The molecule has 1 aliphatic rings. The van der Waals surface area contributed by atoms with E-state index in [1.165, 1.54) is 4.80 Å². The van der Waals surface area contributed by atoms with Crippen molar-refractivity contribution in [1.82, 2.24) is 30.4 Å². The number of hydrogen-bond acceptors (Lipinski definition) is 5. The Kier molecular flexibility index (Phi) is 3.51. The number of amides is 2. The molecule has 1 aromatic rings. The topological polar surface area (TPSA) is 93.0 Å². The van der Waals surface area contributed by atoms with Crippen molar-refractivity contribution in [3.05, 3.63) is 5.82 Å². The van der Waals surface area contributed by atoms with Crippen LogP contribution >= 0.6 is 0 Å². The lowest BCUT2D eigenvalue weighted by atomic mass is 9.81. The van der Waals surface area contributed by atoms with Crippen LogP contribution in [-0.2, 0) is 23.2 Å². The third kappa shape index (κ3) is 2.88. The van der Waals surface area contributed by atoms with Gasteiger partial charge in [0.1, 0.15) is 11.6 Å². The minimum absolute atomic E-state index is 0.144. The fourth-order valence-electron chi connectivity index (χ4n) is 2.61. The molecule has 0 saturated carbocycles. The number of rotatable bonds is 2. The monoisotopic (exact) mass is 294 g/mol. The van der Waals surface area contributed by atoms with Gasteiger partial charge in [0, 0.05) is 0 Å². The lowest BCUT2D eigenvalue weighted by Crippen LogP contribution is -2.70. The Morgan fingerprint density at radius 1 is 1.29 bits per heavy atom. The molecule has 1 atom stereocenters. The molecule has 1 aromatic heterocycles. The minimum Gasteiger partial charge on any atom is -0.340 e. The second-order valence-corrected chi connectivity index (χ2v) is 7.01. The summed E-state index contributed by atoms with van der Waals surface area (Å²) in [6.45, 7) is 9.36. The predicted octanol–water partition coefficient (Wildman–Crippen LogP) is -0.138. The van der Waals surface area contributed by atoms with Crippen LogP contribution in [0.4, 0.5) is 0 Å². The highest BCUT2D eigenvalue weighted by molar-refractivity contribution is 5.99. The number of carbonyl (C=O) groups is 2. The first-order chi connectivity index (χ1) is 9.52. The second-order valence-electron chi connectivity index (χ2n) is 7.01. The van der Waals surface area contributed by atoms with E-state index in [4.69, 9.17) is 0 Å². The smallest absolute Gasteiger partial charge is 0.248 e. The van der Waals surface area contributed by atoms with Gasteiger partial charge >= 0.3 is 0 Å². The maximum absolute atomic E-state index is 12.7. The van der Waals surface area contributed by atoms with Crippen molar-refractivity contribution < 1.29 is 9.59 Å². The standard InChI is InChI=1S/C13H22N6O2/c1-12(2,3)9-10(20)14-13(4,5)11(21)19(9)7-8-15-17-18(6)16-8/h9H,7H2,1-6H3,(H,14,20). The van der Waals surface area contributed by atoms with Crippen molar-refractivity contribution in [2.24, 2.45) is 12.5 Å². The Morgan fingerprint density at radius 3 is 2.38 bits per heavy atom. The fraction of sp³-hybridized carbons (Fsp3) is 0.769. The van der Waals surface area contributed by atoms with Gasteiger partial charge in [-0.15, -0.1) is 10.2 Å². The van der Waals surface area contributed by atoms with Gasteiger partial charge in [-0.05, 0) is 24.5 Å². The van der Waals surface area contributed by atoms with E-state index in [1.807, 2.05) is 20.8 Å². The van der Waals surface area contributed by atoms with Gasteiger partial charge in [-0.3, -0.25) is 9.59 Å². The summed E-state index contributed by atoms with van der Waals surface area (Å²) in [6.07, 6.45) is 0. The summed E-state index contributed by atoms with van der Waals surface area (Å²) >= 11 is 0. The van der Waals surface area contributed by atoms with Gasteiger partial charge in [0.15, 0.2) is 5.82 Å². The number of nitrogens with zero attached hydrogens (tertiary/aromatic N) is 5. The van der Waals surface area contributed by atoms with Crippen LogP contribution in [0, 0.1) is 5.41 Å². The number of tetrazole rings is 1. The highest BCUT2D eigenvalue weighted by Crippen LogP contribution is 2.31. The molecule has 8 heteroatoms. The Labute approximate surface area is 123 Å². The Morgan fingerprint density at radius 2 is 1.90 bits per heavy atom. The van der Waals surface area contributed by atoms with E-state index in [1.54, 1.807) is 25.8 Å². The minimum atomic E-state index is -0.930. The molecule has 2 amide bonds. The number of carbonyl (C=O) groups excluding carboxylic acids is 2. The molecule has 0 bridgehead atoms. The average molecular weight is 294 g/mol. The number of hydrogen-bond donors (Lipinski definition) is 1. The number of aromatic nitrogens is 4. The summed E-state index contributed by atoms with van der Waals surface area (Å²) in [5, 5.41) is 14.6. The summed E-state index contributed by atoms with van der Waals surface area (Å²) in [7, 11) is 1.66. The molecule has 0 radical (unpaired) electrons. The largest absolute Gasteiger partial charge is 0.340 e. The van der Waals surface area contributed by atoms with Crippen LogP contribution in [0.15, 0.2) is 0 Å². The van der Waals surface area contributed by atoms with Crippen LogP contribution < -0.4 is 5.32 Å². The van der Waals surface area contributed by atoms with E-state index in [2.05, 4.69) is 20.7 Å². The lowest BCUT2D eigenvalue weighted by Gasteiger charge is -2.47. The van der Waals surface area contributed by atoms with Gasteiger partial charge in [0.2, 0.25) is 11.8 Å². The highest BCUT2D eigenvalue weighted by Gasteiger charge is 2.49. The first-order valence-corrected chi connectivity index (χ1v) is 6.88. The molecule has 1 N–H and O–H groups in total. The molecule has 0 aromatic carbocycles. The van der Waals surface area contributed by atoms with Crippen LogP contribution in [0.3, 0.4) is 0 Å². The van der Waals surface area contributed by atoms with Gasteiger partial charge in [0.25, 0.3) is 0 Å². The quantitative estimate of drug-likeness (QED) is 0.819. The van der Waals surface area contributed by atoms with Crippen LogP contribution in [0.2, 0.25) is 0 Å². The molecular weight excluding hydrogens is 272 g/mol. The lowest BCUT2D eigenvalue weighted by molar-refractivity contribution is -0.159. The average Bonchev–Trinajstić information content (AvgIpc) is 2.69. The number of aryl methyl sites for hydroxylation is 1.